The molecule has 1 saturated carbocycles. The van der Waals surface area contributed by atoms with Gasteiger partial charge in [-0.15, -0.1) is 0 Å². The molecule has 2 atom stereocenters. The zero-order valence-corrected chi connectivity index (χ0v) is 14.3. The lowest BCUT2D eigenvalue weighted by Crippen LogP contribution is -2.54. The van der Waals surface area contributed by atoms with Gasteiger partial charge >= 0.3 is 0 Å². The Labute approximate surface area is 121 Å². The van der Waals surface area contributed by atoms with Crippen molar-refractivity contribution < 1.29 is 0 Å². The maximum Gasteiger partial charge on any atom is 0.0159 e. The highest BCUT2D eigenvalue weighted by Gasteiger charge is 2.39. The molecule has 2 heteroatoms. The molecule has 0 heterocycles. The first-order valence-electron chi connectivity index (χ1n) is 8.19. The van der Waals surface area contributed by atoms with E-state index in [0.717, 1.165) is 12.5 Å². The number of hydrogen-bond acceptors (Lipinski definition) is 2. The molecule has 114 valence electrons. The van der Waals surface area contributed by atoms with Gasteiger partial charge in [0.2, 0.25) is 0 Å². The standard InChI is InChI=1S/C17H36N2/c1-8-17(5,6)19(7)13-14-11-10-12-16(3,4)15(14)18-9-2/h14-15,18H,8-13H2,1-7H3. The van der Waals surface area contributed by atoms with E-state index >= 15 is 0 Å². The van der Waals surface area contributed by atoms with Crippen LogP contribution in [0, 0.1) is 11.3 Å². The van der Waals surface area contributed by atoms with Gasteiger partial charge < -0.3 is 10.2 Å². The number of nitrogens with one attached hydrogen (secondary N) is 1. The van der Waals surface area contributed by atoms with Crippen molar-refractivity contribution in [1.29, 1.82) is 0 Å². The fraction of sp³-hybridized carbons (Fsp3) is 1.00. The van der Waals surface area contributed by atoms with Crippen molar-refractivity contribution in [1.82, 2.24) is 10.2 Å². The molecule has 0 aromatic heterocycles. The van der Waals surface area contributed by atoms with E-state index < -0.39 is 0 Å². The second-order valence-electron chi connectivity index (χ2n) is 7.72. The molecule has 0 aromatic rings. The zero-order chi connectivity index (χ0) is 14.7. The summed E-state index contributed by atoms with van der Waals surface area (Å²) in [6.45, 7) is 16.5. The van der Waals surface area contributed by atoms with E-state index in [0.29, 0.717) is 17.0 Å². The number of rotatable bonds is 6. The Bertz CT molecular complexity index is 270. The van der Waals surface area contributed by atoms with Crippen molar-refractivity contribution >= 4 is 0 Å². The van der Waals surface area contributed by atoms with E-state index in [1.807, 2.05) is 0 Å². The largest absolute Gasteiger partial charge is 0.313 e. The molecule has 0 saturated heterocycles. The van der Waals surface area contributed by atoms with Gasteiger partial charge in [-0.05, 0) is 58.0 Å². The zero-order valence-electron chi connectivity index (χ0n) is 14.3. The quantitative estimate of drug-likeness (QED) is 0.785. The Hall–Kier alpha value is -0.0800. The summed E-state index contributed by atoms with van der Waals surface area (Å²) in [6.07, 6.45) is 5.35. The van der Waals surface area contributed by atoms with E-state index in [4.69, 9.17) is 0 Å². The Morgan fingerprint density at radius 2 is 1.89 bits per heavy atom. The Morgan fingerprint density at radius 3 is 2.42 bits per heavy atom. The van der Waals surface area contributed by atoms with Crippen molar-refractivity contribution in [2.45, 2.75) is 78.8 Å². The molecule has 19 heavy (non-hydrogen) atoms. The van der Waals surface area contributed by atoms with Crippen LogP contribution in [-0.4, -0.2) is 36.6 Å². The Kier molecular flexibility index (Phi) is 5.88. The van der Waals surface area contributed by atoms with Crippen molar-refractivity contribution in [3.05, 3.63) is 0 Å². The maximum absolute atomic E-state index is 3.77. The minimum atomic E-state index is 0.318. The monoisotopic (exact) mass is 268 g/mol. The third-order valence-electron chi connectivity index (χ3n) is 5.54. The van der Waals surface area contributed by atoms with Crippen LogP contribution in [-0.2, 0) is 0 Å². The molecule has 0 aliphatic heterocycles. The summed E-state index contributed by atoms with van der Waals surface area (Å²) in [4.78, 5) is 2.57. The lowest BCUT2D eigenvalue weighted by Gasteiger charge is -2.47. The van der Waals surface area contributed by atoms with Gasteiger partial charge in [0.1, 0.15) is 0 Å². The lowest BCUT2D eigenvalue weighted by atomic mass is 9.67. The van der Waals surface area contributed by atoms with E-state index in [1.165, 1.54) is 32.2 Å². The highest BCUT2D eigenvalue weighted by atomic mass is 15.2. The van der Waals surface area contributed by atoms with Gasteiger partial charge in [0, 0.05) is 18.1 Å². The van der Waals surface area contributed by atoms with Crippen molar-refractivity contribution in [3.8, 4) is 0 Å². The van der Waals surface area contributed by atoms with Crippen LogP contribution in [0.15, 0.2) is 0 Å². The van der Waals surface area contributed by atoms with Gasteiger partial charge in [0.25, 0.3) is 0 Å². The average Bonchev–Trinajstić information content (AvgIpc) is 2.33. The van der Waals surface area contributed by atoms with Crippen LogP contribution in [0.25, 0.3) is 0 Å². The third-order valence-corrected chi connectivity index (χ3v) is 5.54. The highest BCUT2D eigenvalue weighted by Crippen LogP contribution is 2.39. The Balaban J connectivity index is 2.74. The van der Waals surface area contributed by atoms with E-state index in [9.17, 15) is 0 Å². The topological polar surface area (TPSA) is 15.3 Å². The summed E-state index contributed by atoms with van der Waals surface area (Å²) in [5.74, 6) is 0.791. The molecule has 2 nitrogen and oxygen atoms in total. The maximum atomic E-state index is 3.77. The van der Waals surface area contributed by atoms with E-state index in [2.05, 4.69) is 58.8 Å². The third kappa shape index (κ3) is 4.19. The number of hydrogen-bond donors (Lipinski definition) is 1. The molecule has 1 aliphatic rings. The summed E-state index contributed by atoms with van der Waals surface area (Å²) in [5, 5.41) is 3.77. The molecule has 1 rings (SSSR count). The molecule has 1 aliphatic carbocycles. The fourth-order valence-electron chi connectivity index (χ4n) is 3.51. The van der Waals surface area contributed by atoms with Crippen LogP contribution in [0.4, 0.5) is 0 Å². The molecule has 0 bridgehead atoms. The molecule has 1 N–H and O–H groups in total. The first-order valence-corrected chi connectivity index (χ1v) is 8.19. The first-order chi connectivity index (χ1) is 8.74. The van der Waals surface area contributed by atoms with Gasteiger partial charge in [0.05, 0.1) is 0 Å². The van der Waals surface area contributed by atoms with Gasteiger partial charge in [-0.2, -0.15) is 0 Å². The summed E-state index contributed by atoms with van der Waals surface area (Å²) in [6, 6.07) is 0.668. The predicted octanol–water partition coefficient (Wildman–Crippen LogP) is 3.91. The molecular formula is C17H36N2. The predicted molar refractivity (Wildman–Crippen MR) is 85.6 cm³/mol. The van der Waals surface area contributed by atoms with Crippen LogP contribution in [0.3, 0.4) is 0 Å². The van der Waals surface area contributed by atoms with Crippen LogP contribution >= 0.6 is 0 Å². The number of nitrogens with zero attached hydrogens (tertiary/aromatic N) is 1. The van der Waals surface area contributed by atoms with Crippen molar-refractivity contribution in [2.24, 2.45) is 11.3 Å². The van der Waals surface area contributed by atoms with Gasteiger partial charge in [0.15, 0.2) is 0 Å². The molecule has 0 amide bonds. The van der Waals surface area contributed by atoms with Crippen molar-refractivity contribution in [3.63, 3.8) is 0 Å². The Morgan fingerprint density at radius 1 is 1.26 bits per heavy atom. The summed E-state index contributed by atoms with van der Waals surface area (Å²) in [7, 11) is 2.30. The minimum absolute atomic E-state index is 0.318. The minimum Gasteiger partial charge on any atom is -0.313 e. The normalized spacial score (nSPS) is 27.8. The second kappa shape index (κ2) is 6.58. The smallest absolute Gasteiger partial charge is 0.0159 e. The van der Waals surface area contributed by atoms with Crippen LogP contribution in [0.5, 0.6) is 0 Å². The van der Waals surface area contributed by atoms with Gasteiger partial charge in [-0.1, -0.05) is 34.1 Å². The van der Waals surface area contributed by atoms with Crippen LogP contribution in [0.2, 0.25) is 0 Å². The SMILES string of the molecule is CCNC1C(CN(C)C(C)(C)CC)CCCC1(C)C. The van der Waals surface area contributed by atoms with Crippen LogP contribution < -0.4 is 5.32 Å². The first kappa shape index (κ1) is 17.0. The molecule has 0 aromatic carbocycles. The van der Waals surface area contributed by atoms with Gasteiger partial charge in [-0.3, -0.25) is 0 Å². The fourth-order valence-corrected chi connectivity index (χ4v) is 3.51. The molecule has 0 radical (unpaired) electrons. The summed E-state index contributed by atoms with van der Waals surface area (Å²) >= 11 is 0. The molecule has 0 spiro atoms. The van der Waals surface area contributed by atoms with Crippen molar-refractivity contribution in [2.75, 3.05) is 20.1 Å². The highest BCUT2D eigenvalue weighted by molar-refractivity contribution is 4.95. The average molecular weight is 268 g/mol. The summed E-state index contributed by atoms with van der Waals surface area (Å²) in [5.41, 5.74) is 0.758. The molecule has 1 fully saturated rings. The van der Waals surface area contributed by atoms with Crippen LogP contribution in [0.1, 0.15) is 67.2 Å². The molecular weight excluding hydrogens is 232 g/mol. The van der Waals surface area contributed by atoms with E-state index in [-0.39, 0.29) is 0 Å². The molecule has 2 unspecified atom stereocenters. The lowest BCUT2D eigenvalue weighted by molar-refractivity contribution is 0.0539. The summed E-state index contributed by atoms with van der Waals surface area (Å²) < 4.78 is 0. The second-order valence-corrected chi connectivity index (χ2v) is 7.72. The van der Waals surface area contributed by atoms with E-state index in [1.54, 1.807) is 0 Å². The van der Waals surface area contributed by atoms with Gasteiger partial charge in [-0.25, -0.2) is 0 Å².